The maximum Gasteiger partial charge on any atom is 0.277 e. The lowest BCUT2D eigenvalue weighted by Gasteiger charge is -2.17. The van der Waals surface area contributed by atoms with E-state index in [1.54, 1.807) is 30.3 Å². The molecule has 2 aromatic carbocycles. The lowest BCUT2D eigenvalue weighted by atomic mass is 9.98. The van der Waals surface area contributed by atoms with Crippen molar-refractivity contribution in [1.29, 1.82) is 0 Å². The van der Waals surface area contributed by atoms with Crippen LogP contribution in [0.15, 0.2) is 42.6 Å². The molecule has 1 heterocycles. The molecule has 0 unspecified atom stereocenters. The minimum Gasteiger partial charge on any atom is -0.496 e. The van der Waals surface area contributed by atoms with Crippen molar-refractivity contribution in [2.24, 2.45) is 0 Å². The third kappa shape index (κ3) is 3.24. The van der Waals surface area contributed by atoms with Crippen molar-refractivity contribution < 1.29 is 19.2 Å². The van der Waals surface area contributed by atoms with Crippen molar-refractivity contribution in [3.63, 3.8) is 0 Å². The number of benzene rings is 2. The van der Waals surface area contributed by atoms with Crippen LogP contribution in [-0.4, -0.2) is 30.0 Å². The average molecular weight is 367 g/mol. The predicted molar refractivity (Wildman–Crippen MR) is 101 cm³/mol. The quantitative estimate of drug-likeness (QED) is 0.543. The molecule has 1 amide bonds. The van der Waals surface area contributed by atoms with Gasteiger partial charge < -0.3 is 14.8 Å². The third-order valence-corrected chi connectivity index (χ3v) is 4.06. The van der Waals surface area contributed by atoms with E-state index in [0.29, 0.717) is 39.2 Å². The van der Waals surface area contributed by atoms with Gasteiger partial charge in [0.05, 0.1) is 35.8 Å². The molecule has 27 heavy (non-hydrogen) atoms. The minimum atomic E-state index is -0.434. The molecule has 1 aromatic heterocycles. The molecular weight excluding hydrogens is 350 g/mol. The molecule has 0 atom stereocenters. The Morgan fingerprint density at radius 3 is 2.52 bits per heavy atom. The number of carbonyl (C=O) groups excluding carboxylic acids is 1. The topological polar surface area (TPSA) is 104 Å². The van der Waals surface area contributed by atoms with E-state index < -0.39 is 4.92 Å². The molecule has 0 fully saturated rings. The summed E-state index contributed by atoms with van der Waals surface area (Å²) in [5.41, 5.74) is 1.81. The second-order valence-corrected chi connectivity index (χ2v) is 5.70. The molecule has 0 aliphatic rings. The molecule has 8 heteroatoms. The summed E-state index contributed by atoms with van der Waals surface area (Å²) in [7, 11) is 2.95. The van der Waals surface area contributed by atoms with E-state index in [4.69, 9.17) is 9.47 Å². The Morgan fingerprint density at radius 1 is 1.15 bits per heavy atom. The molecule has 0 spiro atoms. The lowest BCUT2D eigenvalue weighted by Crippen LogP contribution is -2.08. The molecular formula is C19H17N3O5. The highest BCUT2D eigenvalue weighted by molar-refractivity contribution is 6.07. The summed E-state index contributed by atoms with van der Waals surface area (Å²) in [6, 6.07) is 9.74. The largest absolute Gasteiger partial charge is 0.496 e. The van der Waals surface area contributed by atoms with Gasteiger partial charge in [0, 0.05) is 30.8 Å². The van der Waals surface area contributed by atoms with Gasteiger partial charge in [-0.2, -0.15) is 0 Å². The van der Waals surface area contributed by atoms with Crippen LogP contribution in [0, 0.1) is 10.1 Å². The number of hydrogen-bond acceptors (Lipinski definition) is 6. The van der Waals surface area contributed by atoms with Gasteiger partial charge in [0.1, 0.15) is 11.3 Å². The van der Waals surface area contributed by atoms with Gasteiger partial charge in [0.2, 0.25) is 5.91 Å². The summed E-state index contributed by atoms with van der Waals surface area (Å²) in [5.74, 6) is 0.488. The zero-order chi connectivity index (χ0) is 19.6. The van der Waals surface area contributed by atoms with Gasteiger partial charge in [-0.3, -0.25) is 19.9 Å². The molecule has 0 aliphatic carbocycles. The number of aromatic nitrogens is 1. The van der Waals surface area contributed by atoms with Crippen LogP contribution in [-0.2, 0) is 4.79 Å². The molecule has 138 valence electrons. The average Bonchev–Trinajstić information content (AvgIpc) is 2.66. The van der Waals surface area contributed by atoms with Gasteiger partial charge in [-0.15, -0.1) is 0 Å². The van der Waals surface area contributed by atoms with Crippen LogP contribution in [0.3, 0.4) is 0 Å². The van der Waals surface area contributed by atoms with Gasteiger partial charge in [-0.1, -0.05) is 12.1 Å². The highest BCUT2D eigenvalue weighted by Crippen LogP contribution is 2.44. The van der Waals surface area contributed by atoms with Gasteiger partial charge in [0.25, 0.3) is 5.69 Å². The highest BCUT2D eigenvalue weighted by Gasteiger charge is 2.22. The first-order valence-corrected chi connectivity index (χ1v) is 8.03. The third-order valence-electron chi connectivity index (χ3n) is 4.06. The van der Waals surface area contributed by atoms with Gasteiger partial charge >= 0.3 is 0 Å². The zero-order valence-corrected chi connectivity index (χ0v) is 15.0. The van der Waals surface area contributed by atoms with Gasteiger partial charge in [0.15, 0.2) is 5.75 Å². The Bertz CT molecular complexity index is 1050. The first kappa shape index (κ1) is 18.1. The molecule has 0 saturated carbocycles. The number of rotatable bonds is 5. The number of nitrogens with one attached hydrogen (secondary N) is 1. The summed E-state index contributed by atoms with van der Waals surface area (Å²) in [4.78, 5) is 26.9. The molecule has 3 aromatic rings. The number of fused-ring (bicyclic) bond motifs is 1. The number of nitro benzene ring substituents is 1. The van der Waals surface area contributed by atoms with E-state index in [1.165, 1.54) is 33.4 Å². The molecule has 0 aliphatic heterocycles. The van der Waals surface area contributed by atoms with Crippen LogP contribution in [0.5, 0.6) is 11.5 Å². The number of para-hydroxylation sites is 1. The van der Waals surface area contributed by atoms with Crippen LogP contribution < -0.4 is 14.8 Å². The number of hydrogen-bond donors (Lipinski definition) is 1. The monoisotopic (exact) mass is 367 g/mol. The fourth-order valence-corrected chi connectivity index (χ4v) is 3.01. The number of methoxy groups -OCH3 is 2. The predicted octanol–water partition coefficient (Wildman–Crippen LogP) is 3.79. The van der Waals surface area contributed by atoms with Crippen molar-refractivity contribution in [3.05, 3.63) is 52.7 Å². The van der Waals surface area contributed by atoms with E-state index in [0.717, 1.165) is 0 Å². The van der Waals surface area contributed by atoms with E-state index >= 15 is 0 Å². The molecule has 8 nitrogen and oxygen atoms in total. The molecule has 0 bridgehead atoms. The standard InChI is InChI=1S/C19H17N3O5/c1-11(23)21-14-10-16(26-2)17-13(8-9-20-18(17)19(14)27-3)12-6-4-5-7-15(12)22(24)25/h4-10H,1-3H3,(H,21,23). The smallest absolute Gasteiger partial charge is 0.277 e. The fourth-order valence-electron chi connectivity index (χ4n) is 3.01. The Morgan fingerprint density at radius 2 is 1.89 bits per heavy atom. The van der Waals surface area contributed by atoms with Crippen LogP contribution in [0.25, 0.3) is 22.0 Å². The maximum atomic E-state index is 11.5. The number of ether oxygens (including phenoxy) is 2. The molecule has 0 saturated heterocycles. The number of nitro groups is 1. The fraction of sp³-hybridized carbons (Fsp3) is 0.158. The summed E-state index contributed by atoms with van der Waals surface area (Å²) < 4.78 is 11.0. The zero-order valence-electron chi connectivity index (χ0n) is 15.0. The maximum absolute atomic E-state index is 11.5. The van der Waals surface area contributed by atoms with Crippen LogP contribution in [0.2, 0.25) is 0 Å². The molecule has 0 radical (unpaired) electrons. The Hall–Kier alpha value is -3.68. The number of pyridine rings is 1. The van der Waals surface area contributed by atoms with Gasteiger partial charge in [-0.05, 0) is 12.1 Å². The second kappa shape index (κ2) is 7.28. The van der Waals surface area contributed by atoms with Gasteiger partial charge in [-0.25, -0.2) is 0 Å². The Labute approximate surface area is 154 Å². The van der Waals surface area contributed by atoms with E-state index in [-0.39, 0.29) is 11.6 Å². The van der Waals surface area contributed by atoms with Crippen molar-refractivity contribution in [2.75, 3.05) is 19.5 Å². The summed E-state index contributed by atoms with van der Waals surface area (Å²) in [6.45, 7) is 1.38. The minimum absolute atomic E-state index is 0.0306. The number of anilines is 1. The normalized spacial score (nSPS) is 10.5. The Balaban J connectivity index is 2.41. The van der Waals surface area contributed by atoms with Crippen molar-refractivity contribution in [2.45, 2.75) is 6.92 Å². The first-order chi connectivity index (χ1) is 13.0. The van der Waals surface area contributed by atoms with Crippen LogP contribution in [0.1, 0.15) is 6.92 Å². The summed E-state index contributed by atoms with van der Waals surface area (Å²) >= 11 is 0. The van der Waals surface area contributed by atoms with Crippen molar-refractivity contribution >= 4 is 28.2 Å². The number of carbonyl (C=O) groups is 1. The highest BCUT2D eigenvalue weighted by atomic mass is 16.6. The molecule has 1 N–H and O–H groups in total. The van der Waals surface area contributed by atoms with E-state index in [9.17, 15) is 14.9 Å². The van der Waals surface area contributed by atoms with Crippen molar-refractivity contribution in [1.82, 2.24) is 4.98 Å². The second-order valence-electron chi connectivity index (χ2n) is 5.70. The lowest BCUT2D eigenvalue weighted by molar-refractivity contribution is -0.384. The summed E-state index contributed by atoms with van der Waals surface area (Å²) in [6.07, 6.45) is 1.54. The van der Waals surface area contributed by atoms with E-state index in [1.807, 2.05) is 0 Å². The van der Waals surface area contributed by atoms with E-state index in [2.05, 4.69) is 10.3 Å². The SMILES string of the molecule is COc1c(NC(C)=O)cc(OC)c2c(-c3ccccc3[N+](=O)[O-])ccnc12. The van der Waals surface area contributed by atoms with Crippen LogP contribution in [0.4, 0.5) is 11.4 Å². The number of nitrogens with zero attached hydrogens (tertiary/aromatic N) is 2. The van der Waals surface area contributed by atoms with Crippen molar-refractivity contribution in [3.8, 4) is 22.6 Å². The first-order valence-electron chi connectivity index (χ1n) is 8.03. The summed E-state index contributed by atoms with van der Waals surface area (Å²) in [5, 5.41) is 14.7. The van der Waals surface area contributed by atoms with Crippen LogP contribution >= 0.6 is 0 Å². The molecule has 3 rings (SSSR count). The number of amides is 1. The Kier molecular flexibility index (Phi) is 4.89.